The molecule has 0 atom stereocenters. The Kier molecular flexibility index (Phi) is 3.55. The molecule has 0 unspecified atom stereocenters. The zero-order valence-corrected chi connectivity index (χ0v) is 11.0. The predicted octanol–water partition coefficient (Wildman–Crippen LogP) is 3.36. The molecule has 3 heteroatoms. The van der Waals surface area contributed by atoms with E-state index in [1.165, 1.54) is 0 Å². The lowest BCUT2D eigenvalue weighted by Gasteiger charge is -2.17. The molecule has 0 spiro atoms. The molecule has 0 saturated heterocycles. The van der Waals surface area contributed by atoms with Gasteiger partial charge in [0.05, 0.1) is 17.0 Å². The number of hydrogen-bond donors (Lipinski definition) is 0. The van der Waals surface area contributed by atoms with E-state index in [1.807, 2.05) is 39.0 Å². The highest BCUT2D eigenvalue weighted by Gasteiger charge is 2.27. The fourth-order valence-electron chi connectivity index (χ4n) is 1.32. The smallest absolute Gasteiger partial charge is 0.182 e. The van der Waals surface area contributed by atoms with Crippen molar-refractivity contribution in [2.75, 3.05) is 7.11 Å². The Bertz CT molecular complexity index is 378. The molecule has 0 radical (unpaired) electrons. The maximum Gasteiger partial charge on any atom is 0.182 e. The summed E-state index contributed by atoms with van der Waals surface area (Å²) < 4.78 is 4.61. The molecule has 0 N–H and O–H groups in total. The molecular formula is C12H15BrO2. The average molecular weight is 271 g/mol. The summed E-state index contributed by atoms with van der Waals surface area (Å²) in [6.07, 6.45) is 0. The fraction of sp³-hybridized carbons (Fsp3) is 0.417. The van der Waals surface area contributed by atoms with Gasteiger partial charge in [-0.1, -0.05) is 27.6 Å². The Labute approximate surface area is 98.8 Å². The number of ketones is 1. The number of aryl methyl sites for hydroxylation is 1. The van der Waals surface area contributed by atoms with Gasteiger partial charge in [0.25, 0.3) is 0 Å². The number of ether oxygens (including phenoxy) is 1. The molecule has 82 valence electrons. The van der Waals surface area contributed by atoms with E-state index in [-0.39, 0.29) is 5.78 Å². The summed E-state index contributed by atoms with van der Waals surface area (Å²) in [6.45, 7) is 5.62. The molecule has 0 aliphatic rings. The standard InChI is InChI=1S/C12H15BrO2/c1-8-5-6-10(15-4)9(7-8)11(14)12(2,3)13/h5-7H,1-4H3. The Morgan fingerprint density at radius 2 is 2.00 bits per heavy atom. The van der Waals surface area contributed by atoms with Crippen molar-refractivity contribution < 1.29 is 9.53 Å². The molecule has 0 fully saturated rings. The molecule has 0 amide bonds. The molecule has 0 bridgehead atoms. The van der Waals surface area contributed by atoms with Crippen molar-refractivity contribution in [3.8, 4) is 5.75 Å². The third kappa shape index (κ3) is 2.81. The van der Waals surface area contributed by atoms with Crippen molar-refractivity contribution in [2.24, 2.45) is 0 Å². The van der Waals surface area contributed by atoms with Gasteiger partial charge in [-0.2, -0.15) is 0 Å². The Hall–Kier alpha value is -0.830. The zero-order valence-electron chi connectivity index (χ0n) is 9.43. The lowest BCUT2D eigenvalue weighted by Crippen LogP contribution is -2.24. The van der Waals surface area contributed by atoms with Gasteiger partial charge in [-0.3, -0.25) is 4.79 Å². The van der Waals surface area contributed by atoms with E-state index in [0.29, 0.717) is 11.3 Å². The molecule has 2 nitrogen and oxygen atoms in total. The molecule has 15 heavy (non-hydrogen) atoms. The quantitative estimate of drug-likeness (QED) is 0.622. The van der Waals surface area contributed by atoms with Crippen molar-refractivity contribution in [2.45, 2.75) is 25.1 Å². The number of halogens is 1. The minimum absolute atomic E-state index is 0.0306. The van der Waals surface area contributed by atoms with Crippen LogP contribution in [0, 0.1) is 6.92 Å². The summed E-state index contributed by atoms with van der Waals surface area (Å²) in [6, 6.07) is 5.60. The third-order valence-corrected chi connectivity index (χ3v) is 2.50. The first kappa shape index (κ1) is 12.2. The molecule has 1 rings (SSSR count). The third-order valence-electron chi connectivity index (χ3n) is 2.14. The van der Waals surface area contributed by atoms with Gasteiger partial charge in [0.1, 0.15) is 5.75 Å². The zero-order chi connectivity index (χ0) is 11.6. The number of Topliss-reactive ketones (excluding diaryl/α,β-unsaturated/α-hetero) is 1. The summed E-state index contributed by atoms with van der Waals surface area (Å²) >= 11 is 3.36. The van der Waals surface area contributed by atoms with Crippen LogP contribution in [-0.4, -0.2) is 17.2 Å². The first-order valence-corrected chi connectivity index (χ1v) is 5.54. The maximum atomic E-state index is 12.1. The molecule has 0 aliphatic carbocycles. The number of hydrogen-bond acceptors (Lipinski definition) is 2. The Balaban J connectivity index is 3.23. The van der Waals surface area contributed by atoms with Crippen LogP contribution >= 0.6 is 15.9 Å². The molecule has 0 aliphatic heterocycles. The topological polar surface area (TPSA) is 26.3 Å². The SMILES string of the molecule is COc1ccc(C)cc1C(=O)C(C)(C)Br. The number of methoxy groups -OCH3 is 1. The van der Waals surface area contributed by atoms with Gasteiger partial charge in [-0.15, -0.1) is 0 Å². The molecule has 0 aromatic heterocycles. The maximum absolute atomic E-state index is 12.1. The van der Waals surface area contributed by atoms with Gasteiger partial charge in [0, 0.05) is 0 Å². The number of alkyl halides is 1. The van der Waals surface area contributed by atoms with E-state index in [4.69, 9.17) is 4.74 Å². The lowest BCUT2D eigenvalue weighted by molar-refractivity contribution is 0.0958. The van der Waals surface area contributed by atoms with Gasteiger partial charge >= 0.3 is 0 Å². The van der Waals surface area contributed by atoms with Crippen LogP contribution in [0.2, 0.25) is 0 Å². The van der Waals surface area contributed by atoms with Crippen LogP contribution in [0.1, 0.15) is 29.8 Å². The number of carbonyl (C=O) groups is 1. The molecule has 0 heterocycles. The second-order valence-corrected chi connectivity index (χ2v) is 5.99. The van der Waals surface area contributed by atoms with Crippen molar-refractivity contribution in [3.05, 3.63) is 29.3 Å². The lowest BCUT2D eigenvalue weighted by atomic mass is 9.98. The minimum atomic E-state index is -0.561. The van der Waals surface area contributed by atoms with Gasteiger partial charge in [0.2, 0.25) is 0 Å². The van der Waals surface area contributed by atoms with Gasteiger partial charge in [0.15, 0.2) is 5.78 Å². The second kappa shape index (κ2) is 4.35. The highest BCUT2D eigenvalue weighted by Crippen LogP contribution is 2.28. The average Bonchev–Trinajstić information content (AvgIpc) is 2.15. The Morgan fingerprint density at radius 1 is 1.40 bits per heavy atom. The normalized spacial score (nSPS) is 11.3. The van der Waals surface area contributed by atoms with Crippen molar-refractivity contribution >= 4 is 21.7 Å². The predicted molar refractivity (Wildman–Crippen MR) is 65.1 cm³/mol. The van der Waals surface area contributed by atoms with Crippen LogP contribution in [0.5, 0.6) is 5.75 Å². The molecule has 1 aromatic carbocycles. The first-order chi connectivity index (χ1) is 6.86. The van der Waals surface area contributed by atoms with Crippen LogP contribution in [0.15, 0.2) is 18.2 Å². The second-order valence-electron chi connectivity index (χ2n) is 4.01. The van der Waals surface area contributed by atoms with E-state index in [2.05, 4.69) is 15.9 Å². The summed E-state index contributed by atoms with van der Waals surface area (Å²) in [5.41, 5.74) is 1.68. The minimum Gasteiger partial charge on any atom is -0.496 e. The fourth-order valence-corrected chi connectivity index (χ4v) is 1.53. The summed E-state index contributed by atoms with van der Waals surface area (Å²) in [4.78, 5) is 12.1. The van der Waals surface area contributed by atoms with E-state index >= 15 is 0 Å². The summed E-state index contributed by atoms with van der Waals surface area (Å²) in [5, 5.41) is 0. The van der Waals surface area contributed by atoms with Crippen LogP contribution in [0.3, 0.4) is 0 Å². The highest BCUT2D eigenvalue weighted by atomic mass is 79.9. The molecule has 1 aromatic rings. The van der Waals surface area contributed by atoms with Gasteiger partial charge < -0.3 is 4.74 Å². The van der Waals surface area contributed by atoms with Crippen molar-refractivity contribution in [3.63, 3.8) is 0 Å². The molecule has 0 saturated carbocycles. The van der Waals surface area contributed by atoms with Crippen LogP contribution < -0.4 is 4.74 Å². The summed E-state index contributed by atoms with van der Waals surface area (Å²) in [5.74, 6) is 0.654. The number of benzene rings is 1. The van der Waals surface area contributed by atoms with Crippen molar-refractivity contribution in [1.29, 1.82) is 0 Å². The summed E-state index contributed by atoms with van der Waals surface area (Å²) in [7, 11) is 1.57. The van der Waals surface area contributed by atoms with Gasteiger partial charge in [-0.05, 0) is 32.9 Å². The Morgan fingerprint density at radius 3 is 2.47 bits per heavy atom. The van der Waals surface area contributed by atoms with Gasteiger partial charge in [-0.25, -0.2) is 0 Å². The monoisotopic (exact) mass is 270 g/mol. The number of rotatable bonds is 3. The van der Waals surface area contributed by atoms with E-state index < -0.39 is 4.32 Å². The molecular weight excluding hydrogens is 256 g/mol. The largest absolute Gasteiger partial charge is 0.496 e. The highest BCUT2D eigenvalue weighted by molar-refractivity contribution is 9.10. The van der Waals surface area contributed by atoms with E-state index in [1.54, 1.807) is 7.11 Å². The first-order valence-electron chi connectivity index (χ1n) is 4.74. The number of carbonyl (C=O) groups excluding carboxylic acids is 1. The van der Waals surface area contributed by atoms with E-state index in [9.17, 15) is 4.79 Å². The van der Waals surface area contributed by atoms with Crippen molar-refractivity contribution in [1.82, 2.24) is 0 Å². The van der Waals surface area contributed by atoms with Crippen LogP contribution in [0.25, 0.3) is 0 Å². The van der Waals surface area contributed by atoms with Crippen LogP contribution in [-0.2, 0) is 0 Å². The van der Waals surface area contributed by atoms with Crippen LogP contribution in [0.4, 0.5) is 0 Å². The van der Waals surface area contributed by atoms with E-state index in [0.717, 1.165) is 5.56 Å².